The van der Waals surface area contributed by atoms with Gasteiger partial charge >= 0.3 is 0 Å². The zero-order valence-corrected chi connectivity index (χ0v) is 8.72. The second kappa shape index (κ2) is 4.61. The third-order valence-corrected chi connectivity index (χ3v) is 2.94. The minimum absolute atomic E-state index is 0.0408. The lowest BCUT2D eigenvalue weighted by atomic mass is 10.2. The van der Waals surface area contributed by atoms with E-state index in [1.165, 1.54) is 0 Å². The molecule has 1 unspecified atom stereocenters. The molecule has 5 nitrogen and oxygen atoms in total. The highest BCUT2D eigenvalue weighted by Gasteiger charge is 2.30. The summed E-state index contributed by atoms with van der Waals surface area (Å²) in [7, 11) is 0. The smallest absolute Gasteiger partial charge is 0.253 e. The quantitative estimate of drug-likeness (QED) is 0.578. The van der Waals surface area contributed by atoms with Crippen LogP contribution in [-0.4, -0.2) is 61.0 Å². The Morgan fingerprint density at radius 2 is 2.00 bits per heavy atom. The summed E-state index contributed by atoms with van der Waals surface area (Å²) in [5.74, 6) is 0.0408. The molecule has 0 aliphatic carbocycles. The monoisotopic (exact) mass is 212 g/mol. The van der Waals surface area contributed by atoms with E-state index in [1.807, 2.05) is 4.90 Å². The van der Waals surface area contributed by atoms with Gasteiger partial charge in [-0.1, -0.05) is 0 Å². The van der Waals surface area contributed by atoms with Crippen molar-refractivity contribution in [1.82, 2.24) is 9.80 Å². The van der Waals surface area contributed by atoms with Gasteiger partial charge in [0.2, 0.25) is 6.41 Å². The fourth-order valence-corrected chi connectivity index (χ4v) is 2.06. The van der Waals surface area contributed by atoms with Gasteiger partial charge in [0, 0.05) is 19.6 Å². The molecule has 2 heterocycles. The summed E-state index contributed by atoms with van der Waals surface area (Å²) in [5, 5.41) is 0. The highest BCUT2D eigenvalue weighted by Crippen LogP contribution is 2.13. The molecule has 2 rings (SSSR count). The summed E-state index contributed by atoms with van der Waals surface area (Å²) >= 11 is 0. The largest absolute Gasteiger partial charge is 0.365 e. The van der Waals surface area contributed by atoms with Gasteiger partial charge in [0.1, 0.15) is 0 Å². The van der Waals surface area contributed by atoms with E-state index in [9.17, 15) is 9.59 Å². The first-order valence-electron chi connectivity index (χ1n) is 5.41. The van der Waals surface area contributed by atoms with Crippen molar-refractivity contribution in [3.63, 3.8) is 0 Å². The number of amides is 2. The number of morpholine rings is 1. The van der Waals surface area contributed by atoms with Crippen molar-refractivity contribution in [1.29, 1.82) is 0 Å². The van der Waals surface area contributed by atoms with Crippen molar-refractivity contribution in [3.8, 4) is 0 Å². The van der Waals surface area contributed by atoms with E-state index < -0.39 is 6.10 Å². The van der Waals surface area contributed by atoms with Gasteiger partial charge in [-0.2, -0.15) is 0 Å². The maximum atomic E-state index is 11.9. The summed E-state index contributed by atoms with van der Waals surface area (Å²) in [5.41, 5.74) is 0. The Balaban J connectivity index is 1.91. The van der Waals surface area contributed by atoms with E-state index in [1.54, 1.807) is 4.90 Å². The molecule has 5 heteroatoms. The molecule has 2 fully saturated rings. The zero-order chi connectivity index (χ0) is 10.7. The number of ether oxygens (including phenoxy) is 1. The molecule has 0 aromatic carbocycles. The molecule has 0 N–H and O–H groups in total. The number of hydrogen-bond donors (Lipinski definition) is 0. The Labute approximate surface area is 89.0 Å². The fraction of sp³-hybridized carbons (Fsp3) is 0.800. The maximum absolute atomic E-state index is 11.9. The van der Waals surface area contributed by atoms with Gasteiger partial charge in [-0.15, -0.1) is 0 Å². The Morgan fingerprint density at radius 1 is 1.27 bits per heavy atom. The lowest BCUT2D eigenvalue weighted by Gasteiger charge is -2.31. The van der Waals surface area contributed by atoms with Crippen LogP contribution in [0.1, 0.15) is 12.8 Å². The van der Waals surface area contributed by atoms with Crippen molar-refractivity contribution in [2.75, 3.05) is 32.8 Å². The fourth-order valence-electron chi connectivity index (χ4n) is 2.06. The van der Waals surface area contributed by atoms with E-state index in [2.05, 4.69) is 0 Å². The second-order valence-electron chi connectivity index (χ2n) is 3.99. The van der Waals surface area contributed by atoms with Crippen LogP contribution in [0.3, 0.4) is 0 Å². The van der Waals surface area contributed by atoms with E-state index in [0.29, 0.717) is 19.7 Å². The molecule has 2 saturated heterocycles. The van der Waals surface area contributed by atoms with Gasteiger partial charge in [0.15, 0.2) is 6.10 Å². The predicted octanol–water partition coefficient (Wildman–Crippen LogP) is -0.534. The predicted molar refractivity (Wildman–Crippen MR) is 53.2 cm³/mol. The summed E-state index contributed by atoms with van der Waals surface area (Å²) in [4.78, 5) is 25.9. The van der Waals surface area contributed by atoms with E-state index >= 15 is 0 Å². The lowest BCUT2D eigenvalue weighted by Crippen LogP contribution is -2.50. The lowest BCUT2D eigenvalue weighted by molar-refractivity contribution is -0.150. The molecule has 2 aliphatic rings. The Kier molecular flexibility index (Phi) is 3.20. The maximum Gasteiger partial charge on any atom is 0.253 e. The number of rotatable bonds is 2. The first-order chi connectivity index (χ1) is 7.31. The van der Waals surface area contributed by atoms with Crippen LogP contribution in [-0.2, 0) is 14.3 Å². The normalized spacial score (nSPS) is 26.8. The van der Waals surface area contributed by atoms with Crippen LogP contribution < -0.4 is 0 Å². The van der Waals surface area contributed by atoms with E-state index in [4.69, 9.17) is 4.74 Å². The second-order valence-corrected chi connectivity index (χ2v) is 3.99. The molecular formula is C10H16N2O3. The number of hydrogen-bond acceptors (Lipinski definition) is 3. The van der Waals surface area contributed by atoms with Crippen LogP contribution in [0.15, 0.2) is 0 Å². The molecular weight excluding hydrogens is 196 g/mol. The van der Waals surface area contributed by atoms with Crippen molar-refractivity contribution in [2.24, 2.45) is 0 Å². The molecule has 1 atom stereocenters. The topological polar surface area (TPSA) is 49.9 Å². The van der Waals surface area contributed by atoms with Gasteiger partial charge in [-0.25, -0.2) is 0 Å². The minimum atomic E-state index is -0.443. The van der Waals surface area contributed by atoms with Gasteiger partial charge < -0.3 is 14.5 Å². The summed E-state index contributed by atoms with van der Waals surface area (Å²) < 4.78 is 5.39. The number of carbonyl (C=O) groups excluding carboxylic acids is 2. The van der Waals surface area contributed by atoms with Crippen molar-refractivity contribution < 1.29 is 14.3 Å². The molecule has 0 aromatic heterocycles. The van der Waals surface area contributed by atoms with Crippen LogP contribution in [0.2, 0.25) is 0 Å². The Bertz CT molecular complexity index is 251. The first kappa shape index (κ1) is 10.4. The van der Waals surface area contributed by atoms with Crippen molar-refractivity contribution >= 4 is 12.3 Å². The first-order valence-corrected chi connectivity index (χ1v) is 5.41. The SMILES string of the molecule is O=CN1CCOC(C(=O)N2CCCC2)C1. The average molecular weight is 212 g/mol. The number of carbonyl (C=O) groups is 2. The van der Waals surface area contributed by atoms with Crippen LogP contribution >= 0.6 is 0 Å². The minimum Gasteiger partial charge on any atom is -0.365 e. The third-order valence-electron chi connectivity index (χ3n) is 2.94. The highest BCUT2D eigenvalue weighted by molar-refractivity contribution is 5.81. The van der Waals surface area contributed by atoms with E-state index in [0.717, 1.165) is 32.3 Å². The van der Waals surface area contributed by atoms with Crippen LogP contribution in [0, 0.1) is 0 Å². The van der Waals surface area contributed by atoms with Crippen LogP contribution in [0.25, 0.3) is 0 Å². The molecule has 0 radical (unpaired) electrons. The molecule has 2 amide bonds. The van der Waals surface area contributed by atoms with Crippen molar-refractivity contribution in [3.05, 3.63) is 0 Å². The van der Waals surface area contributed by atoms with Crippen molar-refractivity contribution in [2.45, 2.75) is 18.9 Å². The van der Waals surface area contributed by atoms with Crippen LogP contribution in [0.5, 0.6) is 0 Å². The van der Waals surface area contributed by atoms with Gasteiger partial charge in [0.25, 0.3) is 5.91 Å². The van der Waals surface area contributed by atoms with Crippen LogP contribution in [0.4, 0.5) is 0 Å². The molecule has 0 bridgehead atoms. The zero-order valence-electron chi connectivity index (χ0n) is 8.72. The molecule has 2 aliphatic heterocycles. The summed E-state index contributed by atoms with van der Waals surface area (Å²) in [6, 6.07) is 0. The molecule has 0 saturated carbocycles. The van der Waals surface area contributed by atoms with Gasteiger partial charge in [-0.05, 0) is 12.8 Å². The Hall–Kier alpha value is -1.10. The number of nitrogens with zero attached hydrogens (tertiary/aromatic N) is 2. The van der Waals surface area contributed by atoms with Gasteiger partial charge in [0.05, 0.1) is 13.2 Å². The highest BCUT2D eigenvalue weighted by atomic mass is 16.5. The van der Waals surface area contributed by atoms with E-state index in [-0.39, 0.29) is 5.91 Å². The summed E-state index contributed by atoms with van der Waals surface area (Å²) in [6.07, 6.45) is 2.50. The molecule has 0 spiro atoms. The standard InChI is InChI=1S/C10H16N2O3/c13-8-11-5-6-15-9(7-11)10(14)12-3-1-2-4-12/h8-9H,1-7H2. The van der Waals surface area contributed by atoms with Gasteiger partial charge in [-0.3, -0.25) is 9.59 Å². The molecule has 84 valence electrons. The molecule has 0 aromatic rings. The average Bonchev–Trinajstić information content (AvgIpc) is 2.81. The summed E-state index contributed by atoms with van der Waals surface area (Å²) in [6.45, 7) is 3.12. The molecule has 15 heavy (non-hydrogen) atoms. The Morgan fingerprint density at radius 3 is 2.67 bits per heavy atom. The number of likely N-dealkylation sites (tertiary alicyclic amines) is 1. The third kappa shape index (κ3) is 2.28.